The van der Waals surface area contributed by atoms with Crippen molar-refractivity contribution in [3.63, 3.8) is 0 Å². The zero-order valence-electron chi connectivity index (χ0n) is 30.2. The molecule has 4 atom stereocenters. The van der Waals surface area contributed by atoms with Gasteiger partial charge in [0, 0.05) is 69.8 Å². The number of hydrogen-bond donors (Lipinski definition) is 7. The second kappa shape index (κ2) is 23.3. The highest BCUT2D eigenvalue weighted by atomic mass is 32.2. The first-order valence-electron chi connectivity index (χ1n) is 18.3. The number of aliphatic carboxylic acids is 3. The second-order valence-corrected chi connectivity index (χ2v) is 15.0. The molecule has 3 amide bonds. The van der Waals surface area contributed by atoms with E-state index in [1.54, 1.807) is 19.6 Å². The van der Waals surface area contributed by atoms with Crippen molar-refractivity contribution in [1.29, 1.82) is 0 Å². The molecule has 3 aliphatic rings. The molecular formula is C33H56N8O11S. The lowest BCUT2D eigenvalue weighted by Gasteiger charge is -2.33. The summed E-state index contributed by atoms with van der Waals surface area (Å²) in [7, 11) is 0. The lowest BCUT2D eigenvalue weighted by atomic mass is 10.0. The average Bonchev–Trinajstić information content (AvgIpc) is 3.63. The molecule has 3 rings (SSSR count). The van der Waals surface area contributed by atoms with E-state index in [2.05, 4.69) is 16.0 Å². The highest BCUT2D eigenvalue weighted by Gasteiger charge is 2.42. The number of carbonyl (C=O) groups is 7. The molecule has 8 N–H and O–H groups in total. The summed E-state index contributed by atoms with van der Waals surface area (Å²) in [4.78, 5) is 91.9. The summed E-state index contributed by atoms with van der Waals surface area (Å²) in [6, 6.07) is -0.963. The summed E-state index contributed by atoms with van der Waals surface area (Å²) >= 11 is 1.82. The van der Waals surface area contributed by atoms with Crippen molar-refractivity contribution in [2.45, 2.75) is 74.7 Å². The van der Waals surface area contributed by atoms with Crippen molar-refractivity contribution >= 4 is 53.5 Å². The molecule has 0 saturated carbocycles. The number of carbonyl (C=O) groups excluding carboxylic acids is 4. The molecule has 3 aliphatic heterocycles. The first-order chi connectivity index (χ1) is 25.3. The number of amides is 3. The van der Waals surface area contributed by atoms with Crippen molar-refractivity contribution < 1.29 is 53.6 Å². The topological polar surface area (TPSA) is 264 Å². The van der Waals surface area contributed by atoms with Gasteiger partial charge in [0.15, 0.2) is 0 Å². The van der Waals surface area contributed by atoms with E-state index in [4.69, 9.17) is 10.5 Å². The smallest absolute Gasteiger partial charge is 0.336 e. The summed E-state index contributed by atoms with van der Waals surface area (Å²) in [6.07, 6.45) is 4.36. The predicted molar refractivity (Wildman–Crippen MR) is 193 cm³/mol. The number of esters is 2. The summed E-state index contributed by atoms with van der Waals surface area (Å²) in [5.74, 6) is -4.38. The number of urea groups is 1. The van der Waals surface area contributed by atoms with Crippen LogP contribution in [0, 0.1) is 0 Å². The van der Waals surface area contributed by atoms with Gasteiger partial charge in [0.2, 0.25) is 5.91 Å². The van der Waals surface area contributed by atoms with Gasteiger partial charge in [-0.1, -0.05) is 12.8 Å². The van der Waals surface area contributed by atoms with E-state index < -0.39 is 41.8 Å². The lowest BCUT2D eigenvalue weighted by Crippen LogP contribution is -2.51. The number of nitrogens with zero attached hydrogens (tertiary/aromatic N) is 4. The van der Waals surface area contributed by atoms with E-state index in [0.29, 0.717) is 31.1 Å². The van der Waals surface area contributed by atoms with Crippen LogP contribution in [0.3, 0.4) is 0 Å². The van der Waals surface area contributed by atoms with Crippen molar-refractivity contribution in [2.24, 2.45) is 5.73 Å². The van der Waals surface area contributed by atoms with Gasteiger partial charge >= 0.3 is 35.9 Å². The van der Waals surface area contributed by atoms with E-state index in [0.717, 1.165) is 25.0 Å². The molecule has 0 bridgehead atoms. The monoisotopic (exact) mass is 772 g/mol. The molecule has 19 nitrogen and oxygen atoms in total. The Kier molecular flexibility index (Phi) is 19.3. The van der Waals surface area contributed by atoms with Crippen LogP contribution >= 0.6 is 11.8 Å². The van der Waals surface area contributed by atoms with Gasteiger partial charge in [-0.3, -0.25) is 43.6 Å². The highest BCUT2D eigenvalue weighted by Crippen LogP contribution is 2.33. The van der Waals surface area contributed by atoms with Gasteiger partial charge in [-0.15, -0.1) is 0 Å². The largest absolute Gasteiger partial charge is 0.480 e. The number of nitrogens with one attached hydrogen (secondary N) is 3. The SMILES string of the molecule is NCCCCC(NC(=O)CN1CCN(CC(=O)O)CCN(CC(=O)O)CCN(CC(=O)O)CC1)C(=O)OC(=O)CCCCCC1SCC2NC(=O)NC21. The third-order valence-electron chi connectivity index (χ3n) is 9.46. The maximum absolute atomic E-state index is 13.3. The highest BCUT2D eigenvalue weighted by molar-refractivity contribution is 8.00. The van der Waals surface area contributed by atoms with Crippen LogP contribution in [0.15, 0.2) is 0 Å². The number of carboxylic acids is 3. The molecule has 0 aliphatic carbocycles. The van der Waals surface area contributed by atoms with Crippen molar-refractivity contribution in [1.82, 2.24) is 35.6 Å². The fraction of sp³-hybridized carbons (Fsp3) is 0.788. The number of thioether (sulfide) groups is 1. The van der Waals surface area contributed by atoms with Crippen LogP contribution in [-0.2, 0) is 33.5 Å². The molecule has 20 heteroatoms. The third-order valence-corrected chi connectivity index (χ3v) is 11.0. The maximum atomic E-state index is 13.3. The van der Waals surface area contributed by atoms with Gasteiger partial charge in [-0.25, -0.2) is 9.59 Å². The number of unbranched alkanes of at least 4 members (excludes halogenated alkanes) is 3. The fourth-order valence-corrected chi connectivity index (χ4v) is 8.18. The first kappa shape index (κ1) is 43.8. The number of fused-ring (bicyclic) bond motifs is 1. The van der Waals surface area contributed by atoms with Gasteiger partial charge in [0.1, 0.15) is 6.04 Å². The van der Waals surface area contributed by atoms with Gasteiger partial charge in [-0.05, 0) is 38.6 Å². The molecule has 4 unspecified atom stereocenters. The molecule has 3 saturated heterocycles. The molecule has 0 spiro atoms. The minimum Gasteiger partial charge on any atom is -0.480 e. The molecule has 3 heterocycles. The van der Waals surface area contributed by atoms with Gasteiger partial charge in [-0.2, -0.15) is 11.8 Å². The van der Waals surface area contributed by atoms with Crippen molar-refractivity contribution in [3.05, 3.63) is 0 Å². The van der Waals surface area contributed by atoms with Crippen LogP contribution in [0.2, 0.25) is 0 Å². The molecular weight excluding hydrogens is 716 g/mol. The van der Waals surface area contributed by atoms with Gasteiger partial charge in [0.25, 0.3) is 0 Å². The van der Waals surface area contributed by atoms with Crippen LogP contribution in [0.4, 0.5) is 4.79 Å². The Morgan fingerprint density at radius 3 is 1.79 bits per heavy atom. The van der Waals surface area contributed by atoms with Crippen LogP contribution in [0.25, 0.3) is 0 Å². The Morgan fingerprint density at radius 1 is 0.755 bits per heavy atom. The Morgan fingerprint density at radius 2 is 1.28 bits per heavy atom. The fourth-order valence-electron chi connectivity index (χ4n) is 6.64. The minimum absolute atomic E-state index is 0.0406. The molecule has 0 aromatic rings. The molecule has 3 fully saturated rings. The van der Waals surface area contributed by atoms with Crippen LogP contribution in [0.1, 0.15) is 51.4 Å². The normalized spacial score (nSPS) is 22.7. The maximum Gasteiger partial charge on any atom is 0.336 e. The zero-order chi connectivity index (χ0) is 38.8. The first-order valence-corrected chi connectivity index (χ1v) is 19.3. The molecule has 0 radical (unpaired) electrons. The number of nitrogens with two attached hydrogens (primary N) is 1. The standard InChI is InChI=1S/C33H56N8O11S/c34-9-5-4-6-23(32(50)52-30(49)8-3-1-2-7-25-31-24(22-53-25)36-33(51)37-31)35-26(42)18-38-10-12-39(19-27(43)44)14-16-41(21-29(47)48)17-15-40(13-11-38)20-28(45)46/h23-25,31H,1-22,34H2,(H,35,42)(H,43,44)(H,45,46)(H,47,48)(H2,36,37,51). The number of carboxylic acid groups (broad SMARTS) is 3. The molecule has 0 aromatic carbocycles. The Balaban J connectivity index is 1.54. The Bertz CT molecular complexity index is 1230. The zero-order valence-corrected chi connectivity index (χ0v) is 31.1. The van der Waals surface area contributed by atoms with E-state index in [1.165, 1.54) is 0 Å². The molecule has 53 heavy (non-hydrogen) atoms. The third kappa shape index (κ3) is 17.0. The van der Waals surface area contributed by atoms with Crippen molar-refractivity contribution in [2.75, 3.05) is 90.8 Å². The van der Waals surface area contributed by atoms with Crippen molar-refractivity contribution in [3.8, 4) is 0 Å². The minimum atomic E-state index is -1.10. The number of rotatable bonds is 20. The molecule has 300 valence electrons. The Labute approximate surface area is 313 Å². The van der Waals surface area contributed by atoms with E-state index in [9.17, 15) is 48.9 Å². The van der Waals surface area contributed by atoms with Crippen LogP contribution in [-0.4, -0.2) is 191 Å². The summed E-state index contributed by atoms with van der Waals surface area (Å²) in [6.45, 7) is 1.17. The summed E-state index contributed by atoms with van der Waals surface area (Å²) in [5.41, 5.74) is 5.63. The van der Waals surface area contributed by atoms with Crippen LogP contribution in [0.5, 0.6) is 0 Å². The molecule has 0 aromatic heterocycles. The number of hydrogen-bond acceptors (Lipinski definition) is 14. The van der Waals surface area contributed by atoms with Gasteiger partial charge in [0.05, 0.1) is 38.3 Å². The van der Waals surface area contributed by atoms with E-state index >= 15 is 0 Å². The van der Waals surface area contributed by atoms with Crippen LogP contribution < -0.4 is 21.7 Å². The number of ether oxygens (including phenoxy) is 1. The van der Waals surface area contributed by atoms with Gasteiger partial charge < -0.3 is 41.7 Å². The Hall–Kier alpha value is -3.56. The summed E-state index contributed by atoms with van der Waals surface area (Å²) < 4.78 is 5.15. The predicted octanol–water partition coefficient (Wildman–Crippen LogP) is -1.74. The average molecular weight is 773 g/mol. The van der Waals surface area contributed by atoms with E-state index in [1.807, 2.05) is 11.8 Å². The lowest BCUT2D eigenvalue weighted by molar-refractivity contribution is -0.162. The second-order valence-electron chi connectivity index (χ2n) is 13.7. The summed E-state index contributed by atoms with van der Waals surface area (Å²) in [5, 5.41) is 37.2. The quantitative estimate of drug-likeness (QED) is 0.0313. The van der Waals surface area contributed by atoms with E-state index in [-0.39, 0.29) is 109 Å².